The van der Waals surface area contributed by atoms with E-state index >= 15 is 0 Å². The first-order valence-corrected chi connectivity index (χ1v) is 11.2. The van der Waals surface area contributed by atoms with Crippen molar-refractivity contribution < 1.29 is 4.74 Å². The van der Waals surface area contributed by atoms with Gasteiger partial charge in [-0.3, -0.25) is 4.68 Å². The summed E-state index contributed by atoms with van der Waals surface area (Å²) in [5, 5.41) is 9.47. The maximum Gasteiger partial charge on any atom is 0.218 e. The Hall–Kier alpha value is -2.54. The number of hydrogen-bond donors (Lipinski definition) is 1. The molecule has 0 aliphatic rings. The second-order valence-corrected chi connectivity index (χ2v) is 8.30. The third-order valence-electron chi connectivity index (χ3n) is 4.79. The molecular formula is C23H23ClN4OS. The number of benzene rings is 2. The van der Waals surface area contributed by atoms with Crippen LogP contribution in [0.2, 0.25) is 5.02 Å². The van der Waals surface area contributed by atoms with Crippen molar-refractivity contribution in [3.8, 4) is 5.88 Å². The highest BCUT2D eigenvalue weighted by Crippen LogP contribution is 2.27. The molecule has 1 N–H and O–H groups in total. The number of halogens is 1. The molecule has 0 saturated carbocycles. The van der Waals surface area contributed by atoms with Gasteiger partial charge in [-0.25, -0.2) is 4.98 Å². The number of fused-ring (bicyclic) bond motifs is 1. The number of ether oxygens (including phenoxy) is 1. The molecule has 0 unspecified atom stereocenters. The van der Waals surface area contributed by atoms with E-state index in [0.717, 1.165) is 34.1 Å². The second kappa shape index (κ2) is 9.51. The highest BCUT2D eigenvalue weighted by atomic mass is 35.5. The molecule has 2 aromatic heterocycles. The molecule has 0 aliphatic carbocycles. The molecule has 2 aromatic carbocycles. The summed E-state index contributed by atoms with van der Waals surface area (Å²) in [4.78, 5) is 6.00. The van der Waals surface area contributed by atoms with Crippen molar-refractivity contribution in [1.29, 1.82) is 0 Å². The molecular weight excluding hydrogens is 416 g/mol. The van der Waals surface area contributed by atoms with Crippen molar-refractivity contribution in [1.82, 2.24) is 20.1 Å². The molecule has 4 aromatic rings. The Bertz CT molecular complexity index is 1160. The molecule has 5 nitrogen and oxygen atoms in total. The van der Waals surface area contributed by atoms with Crippen LogP contribution in [0, 0.1) is 0 Å². The van der Waals surface area contributed by atoms with Crippen LogP contribution in [0.4, 0.5) is 0 Å². The van der Waals surface area contributed by atoms with Gasteiger partial charge in [0.15, 0.2) is 0 Å². The van der Waals surface area contributed by atoms with E-state index in [1.807, 2.05) is 43.7 Å². The van der Waals surface area contributed by atoms with Crippen molar-refractivity contribution >= 4 is 34.3 Å². The van der Waals surface area contributed by atoms with Crippen LogP contribution in [-0.4, -0.2) is 21.0 Å². The molecule has 4 rings (SSSR count). The topological polar surface area (TPSA) is 52.0 Å². The van der Waals surface area contributed by atoms with Crippen molar-refractivity contribution in [2.24, 2.45) is 7.05 Å². The Labute approximate surface area is 185 Å². The van der Waals surface area contributed by atoms with E-state index in [-0.39, 0.29) is 0 Å². The molecule has 0 bridgehead atoms. The van der Waals surface area contributed by atoms with Crippen molar-refractivity contribution in [3.05, 3.63) is 82.6 Å². The largest absolute Gasteiger partial charge is 0.472 e. The van der Waals surface area contributed by atoms with Gasteiger partial charge in [0.1, 0.15) is 6.61 Å². The molecule has 0 atom stereocenters. The molecule has 0 amide bonds. The van der Waals surface area contributed by atoms with E-state index in [0.29, 0.717) is 24.1 Å². The number of pyridine rings is 1. The van der Waals surface area contributed by atoms with Gasteiger partial charge in [-0.15, -0.1) is 11.8 Å². The van der Waals surface area contributed by atoms with E-state index in [1.165, 1.54) is 4.90 Å². The van der Waals surface area contributed by atoms with Crippen molar-refractivity contribution in [2.45, 2.75) is 24.6 Å². The minimum Gasteiger partial charge on any atom is -0.472 e. The first-order chi connectivity index (χ1) is 14.6. The van der Waals surface area contributed by atoms with Crippen LogP contribution in [0.1, 0.15) is 16.7 Å². The Morgan fingerprint density at radius 1 is 1.10 bits per heavy atom. The molecule has 0 spiro atoms. The molecule has 0 fully saturated rings. The predicted molar refractivity (Wildman–Crippen MR) is 123 cm³/mol. The third-order valence-corrected chi connectivity index (χ3v) is 5.88. The fourth-order valence-electron chi connectivity index (χ4n) is 3.22. The lowest BCUT2D eigenvalue weighted by atomic mass is 10.1. The second-order valence-electron chi connectivity index (χ2n) is 7.02. The van der Waals surface area contributed by atoms with Crippen LogP contribution in [0.25, 0.3) is 10.9 Å². The Balaban J connectivity index is 1.58. The van der Waals surface area contributed by atoms with Crippen LogP contribution in [0.3, 0.4) is 0 Å². The van der Waals surface area contributed by atoms with E-state index in [4.69, 9.17) is 21.3 Å². The van der Waals surface area contributed by atoms with Gasteiger partial charge in [0.05, 0.1) is 11.7 Å². The molecule has 0 aliphatic heterocycles. The predicted octanol–water partition coefficient (Wildman–Crippen LogP) is 5.21. The first kappa shape index (κ1) is 20.7. The highest BCUT2D eigenvalue weighted by Gasteiger charge is 2.11. The third kappa shape index (κ3) is 4.95. The van der Waals surface area contributed by atoms with E-state index in [9.17, 15) is 0 Å². The standard InChI is InChI=1S/C23H23ClN4OS/c1-28-14-16(12-26-28)11-25-13-19-9-17-7-8-20(30-2)10-22(17)27-23(19)29-15-18-5-3-4-6-21(18)24/h3-10,12,14,25H,11,13,15H2,1-2H3. The number of aromatic nitrogens is 3. The quantitative estimate of drug-likeness (QED) is 0.382. The van der Waals surface area contributed by atoms with Gasteiger partial charge in [-0.2, -0.15) is 5.10 Å². The fourth-order valence-corrected chi connectivity index (χ4v) is 3.84. The normalized spacial score (nSPS) is 11.2. The zero-order chi connectivity index (χ0) is 20.9. The number of nitrogens with one attached hydrogen (secondary N) is 1. The summed E-state index contributed by atoms with van der Waals surface area (Å²) in [6.45, 7) is 1.73. The van der Waals surface area contributed by atoms with Gasteiger partial charge in [0.2, 0.25) is 5.88 Å². The summed E-state index contributed by atoms with van der Waals surface area (Å²) in [6.07, 6.45) is 5.93. The minimum absolute atomic E-state index is 0.371. The van der Waals surface area contributed by atoms with Crippen molar-refractivity contribution in [3.63, 3.8) is 0 Å². The summed E-state index contributed by atoms with van der Waals surface area (Å²) < 4.78 is 7.94. The Kier molecular flexibility index (Phi) is 6.57. The monoisotopic (exact) mass is 438 g/mol. The Morgan fingerprint density at radius 3 is 2.73 bits per heavy atom. The zero-order valence-electron chi connectivity index (χ0n) is 16.9. The van der Waals surface area contributed by atoms with Gasteiger partial charge in [-0.1, -0.05) is 35.9 Å². The van der Waals surface area contributed by atoms with Gasteiger partial charge < -0.3 is 10.1 Å². The van der Waals surface area contributed by atoms with E-state index < -0.39 is 0 Å². The molecule has 2 heterocycles. The van der Waals surface area contributed by atoms with Gasteiger partial charge >= 0.3 is 0 Å². The molecule has 30 heavy (non-hydrogen) atoms. The van der Waals surface area contributed by atoms with Crippen LogP contribution in [0.5, 0.6) is 5.88 Å². The highest BCUT2D eigenvalue weighted by molar-refractivity contribution is 7.98. The number of aryl methyl sites for hydroxylation is 1. The Morgan fingerprint density at radius 2 is 1.97 bits per heavy atom. The zero-order valence-corrected chi connectivity index (χ0v) is 18.5. The van der Waals surface area contributed by atoms with Crippen molar-refractivity contribution in [2.75, 3.05) is 6.26 Å². The SMILES string of the molecule is CSc1ccc2cc(CNCc3cnn(C)c3)c(OCc3ccccc3Cl)nc2c1. The molecule has 0 radical (unpaired) electrons. The molecule has 154 valence electrons. The lowest BCUT2D eigenvalue weighted by Crippen LogP contribution is -2.14. The smallest absolute Gasteiger partial charge is 0.218 e. The minimum atomic E-state index is 0.371. The van der Waals surface area contributed by atoms with E-state index in [1.54, 1.807) is 16.4 Å². The summed E-state index contributed by atoms with van der Waals surface area (Å²) in [5.74, 6) is 0.624. The fraction of sp³-hybridized carbons (Fsp3) is 0.217. The van der Waals surface area contributed by atoms with Crippen LogP contribution in [-0.2, 0) is 26.7 Å². The van der Waals surface area contributed by atoms with Crippen LogP contribution < -0.4 is 10.1 Å². The number of thioether (sulfide) groups is 1. The summed E-state index contributed by atoms with van der Waals surface area (Å²) in [7, 11) is 1.92. The lowest BCUT2D eigenvalue weighted by Gasteiger charge is -2.14. The summed E-state index contributed by atoms with van der Waals surface area (Å²) in [6, 6.07) is 16.2. The summed E-state index contributed by atoms with van der Waals surface area (Å²) >= 11 is 8.00. The maximum atomic E-state index is 6.29. The van der Waals surface area contributed by atoms with Gasteiger partial charge in [0, 0.05) is 58.3 Å². The number of hydrogen-bond acceptors (Lipinski definition) is 5. The number of rotatable bonds is 8. The van der Waals surface area contributed by atoms with Crippen LogP contribution >= 0.6 is 23.4 Å². The van der Waals surface area contributed by atoms with Crippen LogP contribution in [0.15, 0.2) is 65.8 Å². The first-order valence-electron chi connectivity index (χ1n) is 9.64. The molecule has 7 heteroatoms. The van der Waals surface area contributed by atoms with E-state index in [2.05, 4.69) is 40.9 Å². The van der Waals surface area contributed by atoms with Gasteiger partial charge in [-0.05, 0) is 30.5 Å². The van der Waals surface area contributed by atoms with Gasteiger partial charge in [0.25, 0.3) is 0 Å². The average Bonchev–Trinajstić information content (AvgIpc) is 3.17. The number of nitrogens with zero attached hydrogens (tertiary/aromatic N) is 3. The summed E-state index contributed by atoms with van der Waals surface area (Å²) in [5.41, 5.74) is 4.00. The maximum absolute atomic E-state index is 6.29. The average molecular weight is 439 g/mol. The lowest BCUT2D eigenvalue weighted by molar-refractivity contribution is 0.291. The molecule has 0 saturated heterocycles.